The molecular formula is C20H26FN5O5. The van der Waals surface area contributed by atoms with Gasteiger partial charge in [-0.3, -0.25) is 9.36 Å². The summed E-state index contributed by atoms with van der Waals surface area (Å²) in [5.74, 6) is 5.11. The van der Waals surface area contributed by atoms with Gasteiger partial charge in [0.25, 0.3) is 5.56 Å². The van der Waals surface area contributed by atoms with E-state index in [1.54, 1.807) is 32.6 Å². The molecule has 1 amide bonds. The Hall–Kier alpha value is -3.24. The number of nitrogen functional groups attached to an aromatic ring is 1. The zero-order valence-corrected chi connectivity index (χ0v) is 17.9. The van der Waals surface area contributed by atoms with Crippen molar-refractivity contribution in [2.24, 2.45) is 0 Å². The molecule has 0 spiro atoms. The molecule has 3 N–H and O–H groups in total. The largest absolute Gasteiger partial charge is 0.487 e. The molecule has 1 aromatic carbocycles. The number of nitrogens with one attached hydrogen (secondary N) is 1. The minimum Gasteiger partial charge on any atom is -0.487 e. The van der Waals surface area contributed by atoms with Crippen LogP contribution in [0.2, 0.25) is 0 Å². The Balaban J connectivity index is 1.73. The van der Waals surface area contributed by atoms with Crippen molar-refractivity contribution in [3.05, 3.63) is 32.7 Å². The fourth-order valence-corrected chi connectivity index (χ4v) is 4.11. The molecule has 2 aliphatic rings. The van der Waals surface area contributed by atoms with Crippen LogP contribution in [0.1, 0.15) is 40.2 Å². The van der Waals surface area contributed by atoms with Crippen LogP contribution < -0.4 is 32.0 Å². The van der Waals surface area contributed by atoms with Crippen molar-refractivity contribution in [2.45, 2.75) is 51.8 Å². The molecule has 11 heteroatoms. The quantitative estimate of drug-likeness (QED) is 0.677. The summed E-state index contributed by atoms with van der Waals surface area (Å²) in [5.41, 5.74) is -1.70. The fraction of sp³-hybridized carbons (Fsp3) is 0.550. The average molecular weight is 435 g/mol. The summed E-state index contributed by atoms with van der Waals surface area (Å²) in [6.07, 6.45) is 0.0334. The third kappa shape index (κ3) is 3.57. The van der Waals surface area contributed by atoms with Gasteiger partial charge in [-0.05, 0) is 40.2 Å². The zero-order valence-electron chi connectivity index (χ0n) is 17.9. The Morgan fingerprint density at radius 3 is 2.74 bits per heavy atom. The number of rotatable bonds is 2. The Bertz CT molecular complexity index is 1180. The first kappa shape index (κ1) is 21.0. The minimum atomic E-state index is -0.786. The summed E-state index contributed by atoms with van der Waals surface area (Å²) in [7, 11) is 0. The highest BCUT2D eigenvalue weighted by atomic mass is 19.1. The van der Waals surface area contributed by atoms with Gasteiger partial charge < -0.3 is 25.5 Å². The number of carbonyl (C=O) groups excluding carboxylic acids is 1. The molecule has 1 saturated heterocycles. The Morgan fingerprint density at radius 1 is 1.35 bits per heavy atom. The van der Waals surface area contributed by atoms with Crippen LogP contribution in [0.5, 0.6) is 5.75 Å². The van der Waals surface area contributed by atoms with E-state index in [1.165, 1.54) is 4.57 Å². The second-order valence-corrected chi connectivity index (χ2v) is 9.00. The first-order valence-corrected chi connectivity index (χ1v) is 10.1. The van der Waals surface area contributed by atoms with E-state index in [9.17, 15) is 14.4 Å². The minimum absolute atomic E-state index is 0.0208. The summed E-state index contributed by atoms with van der Waals surface area (Å²) in [5, 5.41) is 2.78. The van der Waals surface area contributed by atoms with Crippen LogP contribution in [0.4, 0.5) is 14.9 Å². The van der Waals surface area contributed by atoms with Gasteiger partial charge in [-0.15, -0.1) is 0 Å². The normalized spacial score (nSPS) is 20.6. The van der Waals surface area contributed by atoms with Gasteiger partial charge in [0.1, 0.15) is 23.4 Å². The smallest absolute Gasteiger partial charge is 0.407 e. The van der Waals surface area contributed by atoms with Gasteiger partial charge in [0.05, 0.1) is 17.5 Å². The van der Waals surface area contributed by atoms with Crippen molar-refractivity contribution >= 4 is 22.7 Å². The molecule has 3 heterocycles. The highest BCUT2D eigenvalue weighted by Crippen LogP contribution is 2.41. The van der Waals surface area contributed by atoms with Crippen LogP contribution in [0, 0.1) is 5.82 Å². The van der Waals surface area contributed by atoms with Gasteiger partial charge >= 0.3 is 11.8 Å². The lowest BCUT2D eigenvalue weighted by Crippen LogP contribution is -2.47. The van der Waals surface area contributed by atoms with Crippen molar-refractivity contribution < 1.29 is 18.7 Å². The maximum atomic E-state index is 15.2. The molecule has 168 valence electrons. The van der Waals surface area contributed by atoms with Crippen LogP contribution in [0.3, 0.4) is 0 Å². The third-order valence-corrected chi connectivity index (χ3v) is 5.42. The van der Waals surface area contributed by atoms with Crippen LogP contribution in [-0.4, -0.2) is 46.7 Å². The van der Waals surface area contributed by atoms with Gasteiger partial charge in [0.2, 0.25) is 0 Å². The second kappa shape index (κ2) is 7.17. The summed E-state index contributed by atoms with van der Waals surface area (Å²) < 4.78 is 28.2. The number of nitrogens with two attached hydrogens (primary N) is 1. The topological polar surface area (TPSA) is 121 Å². The van der Waals surface area contributed by atoms with E-state index in [1.807, 2.05) is 0 Å². The van der Waals surface area contributed by atoms with E-state index in [2.05, 4.69) is 5.32 Å². The number of nitrogens with zero attached hydrogens (tertiary/aromatic N) is 3. The first-order chi connectivity index (χ1) is 14.5. The molecule has 4 rings (SSSR count). The predicted octanol–water partition coefficient (Wildman–Crippen LogP) is 1.07. The van der Waals surface area contributed by atoms with Crippen LogP contribution in [0.25, 0.3) is 10.9 Å². The molecule has 0 radical (unpaired) electrons. The molecule has 2 aromatic rings. The van der Waals surface area contributed by atoms with Gasteiger partial charge in [0.15, 0.2) is 11.6 Å². The lowest BCUT2D eigenvalue weighted by Gasteiger charge is -2.30. The number of hydrogen-bond donors (Lipinski definition) is 2. The van der Waals surface area contributed by atoms with Gasteiger partial charge in [0, 0.05) is 13.1 Å². The van der Waals surface area contributed by atoms with Crippen LogP contribution >= 0.6 is 0 Å². The maximum Gasteiger partial charge on any atom is 0.407 e. The molecule has 2 atom stereocenters. The SMILES string of the molecule is CC1COc2c(N3CC[C@H](NC(=O)OC(C)(C)C)C3)c(F)cc3c(=O)n(N)c(=O)n1c23. The maximum absolute atomic E-state index is 15.2. The summed E-state index contributed by atoms with van der Waals surface area (Å²) in [6, 6.07) is 0.460. The molecule has 1 unspecified atom stereocenters. The lowest BCUT2D eigenvalue weighted by molar-refractivity contribution is 0.0509. The molecule has 0 bridgehead atoms. The highest BCUT2D eigenvalue weighted by molar-refractivity contribution is 5.91. The second-order valence-electron chi connectivity index (χ2n) is 9.00. The average Bonchev–Trinajstić information content (AvgIpc) is 3.10. The molecule has 10 nitrogen and oxygen atoms in total. The van der Waals surface area contributed by atoms with Crippen LogP contribution in [0.15, 0.2) is 15.7 Å². The van der Waals surface area contributed by atoms with Gasteiger partial charge in [-0.25, -0.2) is 14.0 Å². The summed E-state index contributed by atoms with van der Waals surface area (Å²) >= 11 is 0. The zero-order chi connectivity index (χ0) is 22.7. The van der Waals surface area contributed by atoms with Crippen LogP contribution in [-0.2, 0) is 4.74 Å². The number of halogens is 1. The predicted molar refractivity (Wildman–Crippen MR) is 113 cm³/mol. The Kier molecular flexibility index (Phi) is 4.86. The number of benzene rings is 1. The van der Waals surface area contributed by atoms with Crippen molar-refractivity contribution in [3.8, 4) is 5.75 Å². The Morgan fingerprint density at radius 2 is 2.06 bits per heavy atom. The van der Waals surface area contributed by atoms with E-state index in [0.29, 0.717) is 24.2 Å². The third-order valence-electron chi connectivity index (χ3n) is 5.42. The number of ether oxygens (including phenoxy) is 2. The number of carbonyl (C=O) groups is 1. The van der Waals surface area contributed by atoms with E-state index < -0.39 is 28.8 Å². The highest BCUT2D eigenvalue weighted by Gasteiger charge is 2.34. The molecular weight excluding hydrogens is 409 g/mol. The molecule has 0 saturated carbocycles. The monoisotopic (exact) mass is 435 g/mol. The van der Waals surface area contributed by atoms with Crippen molar-refractivity contribution in [3.63, 3.8) is 0 Å². The summed E-state index contributed by atoms with van der Waals surface area (Å²) in [4.78, 5) is 38.9. The van der Waals surface area contributed by atoms with Crippen molar-refractivity contribution in [2.75, 3.05) is 30.4 Å². The molecule has 2 aliphatic heterocycles. The number of aromatic nitrogens is 2. The fourth-order valence-electron chi connectivity index (χ4n) is 4.11. The van der Waals surface area contributed by atoms with Crippen molar-refractivity contribution in [1.29, 1.82) is 0 Å². The molecule has 1 fully saturated rings. The van der Waals surface area contributed by atoms with E-state index >= 15 is 4.39 Å². The first-order valence-electron chi connectivity index (χ1n) is 10.1. The van der Waals surface area contributed by atoms with E-state index in [-0.39, 0.29) is 41.0 Å². The molecule has 31 heavy (non-hydrogen) atoms. The van der Waals surface area contributed by atoms with Gasteiger partial charge in [-0.2, -0.15) is 4.68 Å². The van der Waals surface area contributed by atoms with E-state index in [0.717, 1.165) is 6.07 Å². The number of alkyl carbamates (subject to hydrolysis) is 1. The summed E-state index contributed by atoms with van der Waals surface area (Å²) in [6.45, 7) is 7.98. The lowest BCUT2D eigenvalue weighted by atomic mass is 10.1. The van der Waals surface area contributed by atoms with Gasteiger partial charge in [-0.1, -0.05) is 0 Å². The van der Waals surface area contributed by atoms with E-state index in [4.69, 9.17) is 15.3 Å². The molecule has 0 aliphatic carbocycles. The Labute approximate surface area is 177 Å². The molecule has 1 aromatic heterocycles. The number of hydrogen-bond acceptors (Lipinski definition) is 7. The van der Waals surface area contributed by atoms with Crippen molar-refractivity contribution in [1.82, 2.24) is 14.6 Å². The number of amides is 1. The number of anilines is 1. The standard InChI is InChI=1S/C20H26FN5O5/c1-10-9-30-16-14-12(17(27)26(22)19(29)25(10)14)7-13(21)15(16)24-6-5-11(8-24)23-18(28)31-20(2,3)4/h7,10-11H,5-6,8-9,22H2,1-4H3,(H,23,28)/t10?,11-/m0/s1.